The summed E-state index contributed by atoms with van der Waals surface area (Å²) in [7, 11) is 0. The lowest BCUT2D eigenvalue weighted by atomic mass is 10.1. The van der Waals surface area contributed by atoms with E-state index in [2.05, 4.69) is 15.3 Å². The van der Waals surface area contributed by atoms with Crippen LogP contribution in [0, 0.1) is 25.5 Å². The van der Waals surface area contributed by atoms with Gasteiger partial charge in [-0.2, -0.15) is 0 Å². The fourth-order valence-electron chi connectivity index (χ4n) is 2.53. The highest BCUT2D eigenvalue weighted by Crippen LogP contribution is 2.18. The smallest absolute Gasteiger partial charge is 0.306 e. The lowest BCUT2D eigenvalue weighted by molar-refractivity contribution is -0.153. The van der Waals surface area contributed by atoms with Crippen molar-refractivity contribution in [2.24, 2.45) is 0 Å². The molecule has 1 amide bonds. The first-order valence-electron chi connectivity index (χ1n) is 8.54. The maximum absolute atomic E-state index is 13.6. The second-order valence-electron chi connectivity index (χ2n) is 6.11. The number of carbonyl (C=O) groups excluding carboxylic acids is 2. The van der Waals surface area contributed by atoms with Crippen LogP contribution in [-0.4, -0.2) is 34.2 Å². The Balaban J connectivity index is 1.92. The maximum Gasteiger partial charge on any atom is 0.306 e. The van der Waals surface area contributed by atoms with E-state index in [4.69, 9.17) is 4.74 Å². The SMILES string of the molecule is CSc1nc(C)c(CCC(=O)O[C@@H](C)C(=O)Nc2cc(F)ccc2F)c(C)n1. The summed E-state index contributed by atoms with van der Waals surface area (Å²) in [5.41, 5.74) is 2.12. The zero-order valence-electron chi connectivity index (χ0n) is 16.0. The molecule has 0 aliphatic heterocycles. The van der Waals surface area contributed by atoms with Gasteiger partial charge in [-0.1, -0.05) is 11.8 Å². The predicted octanol–water partition coefficient (Wildman–Crippen LogP) is 3.60. The number of rotatable bonds is 7. The molecule has 2 aromatic rings. The first-order valence-corrected chi connectivity index (χ1v) is 9.77. The summed E-state index contributed by atoms with van der Waals surface area (Å²) in [6.45, 7) is 5.05. The van der Waals surface area contributed by atoms with Gasteiger partial charge in [0.15, 0.2) is 11.3 Å². The average molecular weight is 409 g/mol. The van der Waals surface area contributed by atoms with Gasteiger partial charge in [0.25, 0.3) is 5.91 Å². The highest BCUT2D eigenvalue weighted by Gasteiger charge is 2.20. The number of amides is 1. The molecular weight excluding hydrogens is 388 g/mol. The van der Waals surface area contributed by atoms with Crippen molar-refractivity contribution in [2.45, 2.75) is 44.9 Å². The van der Waals surface area contributed by atoms with Gasteiger partial charge in [-0.05, 0) is 51.1 Å². The van der Waals surface area contributed by atoms with E-state index < -0.39 is 29.6 Å². The highest BCUT2D eigenvalue weighted by molar-refractivity contribution is 7.98. The summed E-state index contributed by atoms with van der Waals surface area (Å²) in [6, 6.07) is 2.69. The quantitative estimate of drug-likeness (QED) is 0.428. The Bertz CT molecular complexity index is 870. The summed E-state index contributed by atoms with van der Waals surface area (Å²) < 4.78 is 31.8. The van der Waals surface area contributed by atoms with Crippen molar-refractivity contribution < 1.29 is 23.1 Å². The molecule has 28 heavy (non-hydrogen) atoms. The Morgan fingerprint density at radius 3 is 2.46 bits per heavy atom. The molecule has 150 valence electrons. The molecule has 1 N–H and O–H groups in total. The zero-order valence-corrected chi connectivity index (χ0v) is 16.8. The van der Waals surface area contributed by atoms with Gasteiger partial charge in [0.2, 0.25) is 0 Å². The molecule has 1 atom stereocenters. The topological polar surface area (TPSA) is 81.2 Å². The largest absolute Gasteiger partial charge is 0.453 e. The number of hydrogen-bond acceptors (Lipinski definition) is 6. The van der Waals surface area contributed by atoms with Gasteiger partial charge in [0.1, 0.15) is 11.6 Å². The number of anilines is 1. The van der Waals surface area contributed by atoms with Crippen molar-refractivity contribution in [1.29, 1.82) is 0 Å². The molecule has 0 unspecified atom stereocenters. The third kappa shape index (κ3) is 5.72. The molecule has 6 nitrogen and oxygen atoms in total. The van der Waals surface area contributed by atoms with Crippen LogP contribution in [0.2, 0.25) is 0 Å². The van der Waals surface area contributed by atoms with Gasteiger partial charge in [-0.15, -0.1) is 0 Å². The van der Waals surface area contributed by atoms with Crippen LogP contribution in [0.3, 0.4) is 0 Å². The molecule has 0 spiro atoms. The minimum Gasteiger partial charge on any atom is -0.453 e. The Hall–Kier alpha value is -2.55. The Labute approximate surface area is 166 Å². The molecule has 0 fully saturated rings. The molecule has 0 radical (unpaired) electrons. The van der Waals surface area contributed by atoms with Crippen LogP contribution in [0.4, 0.5) is 14.5 Å². The van der Waals surface area contributed by atoms with Gasteiger partial charge < -0.3 is 10.1 Å². The summed E-state index contributed by atoms with van der Waals surface area (Å²) in [6.07, 6.45) is 1.13. The zero-order chi connectivity index (χ0) is 20.8. The van der Waals surface area contributed by atoms with Gasteiger partial charge in [-0.25, -0.2) is 18.7 Å². The van der Waals surface area contributed by atoms with Gasteiger partial charge in [0, 0.05) is 23.9 Å². The number of aryl methyl sites for hydroxylation is 2. The first-order chi connectivity index (χ1) is 13.2. The Kier molecular flexibility index (Phi) is 7.45. The normalized spacial score (nSPS) is 11.8. The third-order valence-electron chi connectivity index (χ3n) is 4.03. The van der Waals surface area contributed by atoms with E-state index in [1.165, 1.54) is 18.7 Å². The summed E-state index contributed by atoms with van der Waals surface area (Å²) in [4.78, 5) is 32.8. The summed E-state index contributed by atoms with van der Waals surface area (Å²) in [5, 5.41) is 2.87. The number of esters is 1. The number of hydrogen-bond donors (Lipinski definition) is 1. The Morgan fingerprint density at radius 1 is 1.21 bits per heavy atom. The number of thioether (sulfide) groups is 1. The molecule has 0 saturated heterocycles. The van der Waals surface area contributed by atoms with Crippen molar-refractivity contribution >= 4 is 29.3 Å². The fraction of sp³-hybridized carbons (Fsp3) is 0.368. The van der Waals surface area contributed by atoms with Crippen LogP contribution in [-0.2, 0) is 20.7 Å². The van der Waals surface area contributed by atoms with Crippen LogP contribution in [0.25, 0.3) is 0 Å². The standard InChI is InChI=1S/C19H21F2N3O3S/c1-10-14(11(2)23-19(22-10)28-4)6-8-17(25)27-12(3)18(26)24-16-9-13(20)5-7-15(16)21/h5,7,9,12H,6,8H2,1-4H3,(H,24,26)/t12-/m0/s1. The maximum atomic E-state index is 13.6. The van der Waals surface area contributed by atoms with Gasteiger partial charge in [-0.3, -0.25) is 9.59 Å². The molecule has 1 heterocycles. The van der Waals surface area contributed by atoms with E-state index in [-0.39, 0.29) is 12.1 Å². The molecule has 1 aromatic carbocycles. The minimum atomic E-state index is -1.16. The average Bonchev–Trinajstić information content (AvgIpc) is 2.63. The van der Waals surface area contributed by atoms with Crippen molar-refractivity contribution in [3.63, 3.8) is 0 Å². The number of aromatic nitrogens is 2. The monoisotopic (exact) mass is 409 g/mol. The fourth-order valence-corrected chi connectivity index (χ4v) is 2.98. The van der Waals surface area contributed by atoms with E-state index in [1.807, 2.05) is 20.1 Å². The highest BCUT2D eigenvalue weighted by atomic mass is 32.2. The number of nitrogens with one attached hydrogen (secondary N) is 1. The lowest BCUT2D eigenvalue weighted by Gasteiger charge is -2.14. The van der Waals surface area contributed by atoms with E-state index in [0.29, 0.717) is 11.6 Å². The molecule has 0 aliphatic carbocycles. The molecule has 0 aliphatic rings. The second kappa shape index (κ2) is 9.59. The molecule has 1 aromatic heterocycles. The number of nitrogens with zero attached hydrogens (tertiary/aromatic N) is 2. The second-order valence-corrected chi connectivity index (χ2v) is 6.88. The number of ether oxygens (including phenoxy) is 1. The van der Waals surface area contributed by atoms with Crippen LogP contribution >= 0.6 is 11.8 Å². The van der Waals surface area contributed by atoms with Crippen LogP contribution in [0.5, 0.6) is 0 Å². The van der Waals surface area contributed by atoms with Crippen molar-refractivity contribution in [3.05, 3.63) is 46.8 Å². The third-order valence-corrected chi connectivity index (χ3v) is 4.57. The molecule has 2 rings (SSSR count). The number of halogens is 2. The van der Waals surface area contributed by atoms with E-state index in [0.717, 1.165) is 35.2 Å². The summed E-state index contributed by atoms with van der Waals surface area (Å²) >= 11 is 1.44. The van der Waals surface area contributed by atoms with Crippen LogP contribution in [0.15, 0.2) is 23.4 Å². The van der Waals surface area contributed by atoms with Crippen molar-refractivity contribution in [2.75, 3.05) is 11.6 Å². The first kappa shape index (κ1) is 21.7. The molecular formula is C19H21F2N3O3S. The van der Waals surface area contributed by atoms with E-state index >= 15 is 0 Å². The molecule has 0 bridgehead atoms. The summed E-state index contributed by atoms with van der Waals surface area (Å²) in [5.74, 6) is -2.82. The molecule has 9 heteroatoms. The predicted molar refractivity (Wildman–Crippen MR) is 102 cm³/mol. The Morgan fingerprint density at radius 2 is 1.86 bits per heavy atom. The van der Waals surface area contributed by atoms with Crippen LogP contribution in [0.1, 0.15) is 30.3 Å². The number of carbonyl (C=O) groups is 2. The van der Waals surface area contributed by atoms with Gasteiger partial charge >= 0.3 is 5.97 Å². The van der Waals surface area contributed by atoms with E-state index in [1.54, 1.807) is 0 Å². The minimum absolute atomic E-state index is 0.0373. The van der Waals surface area contributed by atoms with Crippen LogP contribution < -0.4 is 5.32 Å². The van der Waals surface area contributed by atoms with Gasteiger partial charge in [0.05, 0.1) is 5.69 Å². The lowest BCUT2D eigenvalue weighted by Crippen LogP contribution is -2.30. The molecule has 0 saturated carbocycles. The number of benzene rings is 1. The van der Waals surface area contributed by atoms with Crippen molar-refractivity contribution in [3.8, 4) is 0 Å². The van der Waals surface area contributed by atoms with Crippen molar-refractivity contribution in [1.82, 2.24) is 9.97 Å². The van der Waals surface area contributed by atoms with E-state index in [9.17, 15) is 18.4 Å².